The molecule has 1 saturated carbocycles. The molecule has 1 heterocycles. The van der Waals surface area contributed by atoms with Gasteiger partial charge in [0, 0.05) is 26.7 Å². The summed E-state index contributed by atoms with van der Waals surface area (Å²) in [5.41, 5.74) is 3.14. The minimum Gasteiger partial charge on any atom is -0.491 e. The number of urea groups is 1. The fourth-order valence-corrected chi connectivity index (χ4v) is 5.99. The summed E-state index contributed by atoms with van der Waals surface area (Å²) in [6, 6.07) is 11.4. The molecule has 2 aliphatic rings. The fraction of sp³-hybridized carbons (Fsp3) is 0.500. The Morgan fingerprint density at radius 1 is 1.07 bits per heavy atom. The van der Waals surface area contributed by atoms with E-state index in [-0.39, 0.29) is 43.5 Å². The lowest BCUT2D eigenvalue weighted by molar-refractivity contribution is -0.145. The minimum absolute atomic E-state index is 0.0994. The van der Waals surface area contributed by atoms with Gasteiger partial charge in [-0.25, -0.2) is 4.79 Å². The third kappa shape index (κ3) is 7.68. The first-order valence-corrected chi connectivity index (χ1v) is 14.5. The minimum atomic E-state index is -0.699. The topological polar surface area (TPSA) is 90.4 Å². The summed E-state index contributed by atoms with van der Waals surface area (Å²) in [4.78, 5) is 41.0. The van der Waals surface area contributed by atoms with E-state index < -0.39 is 5.97 Å². The van der Waals surface area contributed by atoms with Gasteiger partial charge in [-0.05, 0) is 67.0 Å². The van der Waals surface area contributed by atoms with Crippen molar-refractivity contribution >= 4 is 41.1 Å². The Hall–Kier alpha value is -2.81. The van der Waals surface area contributed by atoms with Gasteiger partial charge in [-0.2, -0.15) is 0 Å². The van der Waals surface area contributed by atoms with Gasteiger partial charge in [-0.15, -0.1) is 0 Å². The van der Waals surface area contributed by atoms with E-state index in [4.69, 9.17) is 27.9 Å². The van der Waals surface area contributed by atoms with Gasteiger partial charge in [0.1, 0.15) is 18.9 Å². The average Bonchev–Trinajstić information content (AvgIpc) is 3.16. The highest BCUT2D eigenvalue weighted by Gasteiger charge is 2.33. The monoisotopic (exact) mass is 589 g/mol. The van der Waals surface area contributed by atoms with Crippen molar-refractivity contribution in [3.05, 3.63) is 63.1 Å². The third-order valence-corrected chi connectivity index (χ3v) is 8.61. The molecule has 40 heavy (non-hydrogen) atoms. The van der Waals surface area contributed by atoms with Crippen LogP contribution < -0.4 is 4.74 Å². The number of aliphatic carboxylic acids is 1. The summed E-state index contributed by atoms with van der Waals surface area (Å²) >= 11 is 12.3. The molecule has 3 amide bonds. The Morgan fingerprint density at radius 3 is 2.50 bits per heavy atom. The molecule has 4 rings (SSSR count). The second-order valence-electron chi connectivity index (χ2n) is 10.9. The van der Waals surface area contributed by atoms with Crippen LogP contribution in [0.15, 0.2) is 36.4 Å². The molecule has 2 fully saturated rings. The molecule has 8 nitrogen and oxygen atoms in total. The van der Waals surface area contributed by atoms with Crippen molar-refractivity contribution in [2.75, 3.05) is 39.8 Å². The number of benzene rings is 2. The van der Waals surface area contributed by atoms with Crippen LogP contribution in [0.3, 0.4) is 0 Å². The Morgan fingerprint density at radius 2 is 1.82 bits per heavy atom. The van der Waals surface area contributed by atoms with E-state index >= 15 is 0 Å². The number of carboxylic acid groups (broad SMARTS) is 1. The van der Waals surface area contributed by atoms with E-state index in [1.54, 1.807) is 13.1 Å². The van der Waals surface area contributed by atoms with Crippen molar-refractivity contribution in [2.45, 2.75) is 45.6 Å². The highest BCUT2D eigenvalue weighted by atomic mass is 35.5. The summed E-state index contributed by atoms with van der Waals surface area (Å²) in [7, 11) is 1.61. The molecule has 1 aliphatic heterocycles. The number of hydrogen-bond donors (Lipinski definition) is 1. The number of ether oxygens (including phenoxy) is 1. The average molecular weight is 591 g/mol. The largest absolute Gasteiger partial charge is 0.491 e. The van der Waals surface area contributed by atoms with Crippen LogP contribution in [0.5, 0.6) is 5.75 Å². The van der Waals surface area contributed by atoms with E-state index in [0.717, 1.165) is 55.3 Å². The summed E-state index contributed by atoms with van der Waals surface area (Å²) in [5, 5.41) is 10.9. The van der Waals surface area contributed by atoms with Gasteiger partial charge in [0.2, 0.25) is 5.91 Å². The first-order valence-electron chi connectivity index (χ1n) is 13.8. The zero-order valence-electron chi connectivity index (χ0n) is 23.1. The van der Waals surface area contributed by atoms with Crippen LogP contribution in [0.25, 0.3) is 0 Å². The van der Waals surface area contributed by atoms with Crippen LogP contribution in [-0.2, 0) is 22.6 Å². The first-order chi connectivity index (χ1) is 19.1. The van der Waals surface area contributed by atoms with Gasteiger partial charge in [0.05, 0.1) is 22.5 Å². The maximum absolute atomic E-state index is 12.1. The zero-order valence-corrected chi connectivity index (χ0v) is 24.6. The van der Waals surface area contributed by atoms with Gasteiger partial charge >= 0.3 is 12.0 Å². The number of nitrogens with zero attached hydrogens (tertiary/aromatic N) is 3. The SMILES string of the molecule is Cc1cc(CN(CCc2ccc(Cl)c(Cl)c2)CC2CCCCC2C(=O)O)ccc1OCCN1C(=O)CN(C)C1=O. The molecule has 1 saturated heterocycles. The number of hydrogen-bond acceptors (Lipinski definition) is 5. The van der Waals surface area contributed by atoms with Crippen molar-refractivity contribution in [1.82, 2.24) is 14.7 Å². The van der Waals surface area contributed by atoms with Crippen LogP contribution in [0, 0.1) is 18.8 Å². The molecule has 2 unspecified atom stereocenters. The lowest BCUT2D eigenvalue weighted by Gasteiger charge is -2.34. The predicted molar refractivity (Wildman–Crippen MR) is 155 cm³/mol. The first kappa shape index (κ1) is 30.2. The summed E-state index contributed by atoms with van der Waals surface area (Å²) < 4.78 is 5.91. The Labute approximate surface area is 245 Å². The van der Waals surface area contributed by atoms with Gasteiger partial charge in [0.25, 0.3) is 0 Å². The zero-order chi connectivity index (χ0) is 28.8. The van der Waals surface area contributed by atoms with E-state index in [1.807, 2.05) is 31.2 Å². The fourth-order valence-electron chi connectivity index (χ4n) is 5.67. The highest BCUT2D eigenvalue weighted by molar-refractivity contribution is 6.42. The molecule has 216 valence electrons. The van der Waals surface area contributed by atoms with Crippen LogP contribution in [0.1, 0.15) is 42.4 Å². The second-order valence-corrected chi connectivity index (χ2v) is 11.7. The maximum Gasteiger partial charge on any atom is 0.327 e. The number of carbonyl (C=O) groups is 3. The smallest absolute Gasteiger partial charge is 0.327 e. The lowest BCUT2D eigenvalue weighted by Crippen LogP contribution is -2.38. The van der Waals surface area contributed by atoms with Crippen LogP contribution in [0.4, 0.5) is 4.79 Å². The number of imide groups is 1. The number of likely N-dealkylation sites (N-methyl/N-ethyl adjacent to an activating group) is 1. The van der Waals surface area contributed by atoms with E-state index in [2.05, 4.69) is 11.0 Å². The van der Waals surface area contributed by atoms with Crippen molar-refractivity contribution in [3.63, 3.8) is 0 Å². The Bertz CT molecular complexity index is 1240. The van der Waals surface area contributed by atoms with Crippen molar-refractivity contribution < 1.29 is 24.2 Å². The molecule has 0 radical (unpaired) electrons. The highest BCUT2D eigenvalue weighted by Crippen LogP contribution is 2.32. The summed E-state index contributed by atoms with van der Waals surface area (Å²) in [6.45, 7) is 4.64. The normalized spacial score (nSPS) is 19.5. The number of rotatable bonds is 12. The van der Waals surface area contributed by atoms with E-state index in [0.29, 0.717) is 28.9 Å². The lowest BCUT2D eigenvalue weighted by atomic mass is 9.79. The Balaban J connectivity index is 1.41. The molecule has 2 aromatic rings. The van der Waals surface area contributed by atoms with Gasteiger partial charge in [0.15, 0.2) is 0 Å². The van der Waals surface area contributed by atoms with Gasteiger partial charge < -0.3 is 14.7 Å². The number of amides is 3. The second kappa shape index (κ2) is 13.7. The molecule has 1 N–H and O–H groups in total. The van der Waals surface area contributed by atoms with E-state index in [1.165, 1.54) is 9.80 Å². The Kier molecular flexibility index (Phi) is 10.3. The molecular weight excluding hydrogens is 553 g/mol. The predicted octanol–water partition coefficient (Wildman–Crippen LogP) is 5.51. The summed E-state index contributed by atoms with van der Waals surface area (Å²) in [6.07, 6.45) is 4.45. The maximum atomic E-state index is 12.1. The number of halogens is 2. The quantitative estimate of drug-likeness (QED) is 0.328. The number of carboxylic acids is 1. The molecule has 10 heteroatoms. The third-order valence-electron chi connectivity index (χ3n) is 7.87. The van der Waals surface area contributed by atoms with Crippen molar-refractivity contribution in [1.29, 1.82) is 0 Å². The molecule has 2 aromatic carbocycles. The van der Waals surface area contributed by atoms with Crippen molar-refractivity contribution in [2.24, 2.45) is 11.8 Å². The van der Waals surface area contributed by atoms with Crippen LogP contribution >= 0.6 is 23.2 Å². The van der Waals surface area contributed by atoms with E-state index in [9.17, 15) is 19.5 Å². The van der Waals surface area contributed by atoms with Gasteiger partial charge in [-0.3, -0.25) is 19.4 Å². The van der Waals surface area contributed by atoms with Gasteiger partial charge in [-0.1, -0.05) is 54.2 Å². The standard InChI is InChI=1S/C30H37Cl2N3O5/c1-20-15-22(8-10-27(20)40-14-13-35-28(36)19-33(2)30(35)39)17-34(12-11-21-7-9-25(31)26(32)16-21)18-23-5-3-4-6-24(23)29(37)38/h7-10,15-16,23-24H,3-6,11-14,17-19H2,1-2H3,(H,37,38). The number of aryl methyl sites for hydroxylation is 1. The molecule has 0 aromatic heterocycles. The van der Waals surface area contributed by atoms with Crippen molar-refractivity contribution in [3.8, 4) is 5.75 Å². The van der Waals surface area contributed by atoms with Crippen LogP contribution in [0.2, 0.25) is 10.0 Å². The molecule has 0 spiro atoms. The summed E-state index contributed by atoms with van der Waals surface area (Å²) in [5.74, 6) is -0.411. The molecular formula is C30H37Cl2N3O5. The number of carbonyl (C=O) groups excluding carboxylic acids is 2. The molecule has 0 bridgehead atoms. The molecule has 1 aliphatic carbocycles. The van der Waals surface area contributed by atoms with Crippen LogP contribution in [-0.4, -0.2) is 77.5 Å². The molecule has 2 atom stereocenters.